The first-order chi connectivity index (χ1) is 19.8. The van der Waals surface area contributed by atoms with Crippen LogP contribution >= 0.6 is 12.4 Å². The zero-order valence-corrected chi connectivity index (χ0v) is 24.4. The van der Waals surface area contributed by atoms with Gasteiger partial charge >= 0.3 is 5.97 Å². The van der Waals surface area contributed by atoms with E-state index in [1.165, 1.54) is 7.11 Å². The van der Waals surface area contributed by atoms with Gasteiger partial charge in [-0.2, -0.15) is 0 Å². The van der Waals surface area contributed by atoms with Crippen molar-refractivity contribution in [3.8, 4) is 28.0 Å². The molecular weight excluding hydrogens is 550 g/mol. The minimum Gasteiger partial charge on any atom is -0.491 e. The van der Waals surface area contributed by atoms with Crippen molar-refractivity contribution in [2.45, 2.75) is 25.9 Å². The summed E-state index contributed by atoms with van der Waals surface area (Å²) >= 11 is 0. The van der Waals surface area contributed by atoms with Crippen LogP contribution in [0.5, 0.6) is 5.75 Å². The fourth-order valence-corrected chi connectivity index (χ4v) is 5.31. The van der Waals surface area contributed by atoms with Gasteiger partial charge in [-0.1, -0.05) is 91.0 Å². The van der Waals surface area contributed by atoms with E-state index in [2.05, 4.69) is 12.1 Å². The molecule has 7 nitrogen and oxygen atoms in total. The van der Waals surface area contributed by atoms with Gasteiger partial charge in [-0.15, -0.1) is 12.4 Å². The van der Waals surface area contributed by atoms with Gasteiger partial charge in [0.15, 0.2) is 0 Å². The summed E-state index contributed by atoms with van der Waals surface area (Å²) in [6.07, 6.45) is 0.307. The number of nitrogens with two attached hydrogens (primary N) is 1. The maximum Gasteiger partial charge on any atom is 0.321 e. The number of amides is 1. The monoisotopic (exact) mass is 583 g/mol. The molecule has 5 rings (SSSR count). The van der Waals surface area contributed by atoms with E-state index in [0.29, 0.717) is 24.3 Å². The number of likely N-dealkylation sites (tertiary alicyclic amines) is 1. The molecule has 0 bridgehead atoms. The molecule has 0 aromatic heterocycles. The number of rotatable bonds is 9. The third kappa shape index (κ3) is 6.31. The van der Waals surface area contributed by atoms with Gasteiger partial charge in [-0.05, 0) is 53.3 Å². The molecule has 3 N–H and O–H groups in total. The Hall–Kier alpha value is -4.62. The molecule has 42 heavy (non-hydrogen) atoms. The third-order valence-electron chi connectivity index (χ3n) is 7.69. The van der Waals surface area contributed by atoms with Crippen LogP contribution in [0.15, 0.2) is 103 Å². The van der Waals surface area contributed by atoms with E-state index in [1.807, 2.05) is 91.0 Å². The number of ether oxygens (including phenoxy) is 2. The minimum atomic E-state index is -1.26. The van der Waals surface area contributed by atoms with Crippen LogP contribution in [0.3, 0.4) is 0 Å². The molecule has 4 aromatic carbocycles. The van der Waals surface area contributed by atoms with Crippen molar-refractivity contribution in [1.29, 1.82) is 5.41 Å². The molecule has 1 saturated heterocycles. The van der Waals surface area contributed by atoms with Gasteiger partial charge in [0, 0.05) is 12.1 Å². The van der Waals surface area contributed by atoms with E-state index in [4.69, 9.17) is 20.6 Å². The van der Waals surface area contributed by atoms with E-state index in [0.717, 1.165) is 27.8 Å². The summed E-state index contributed by atoms with van der Waals surface area (Å²) in [6, 6.07) is 33.1. The number of carbonyl (C=O) groups excluding carboxylic acids is 2. The van der Waals surface area contributed by atoms with Gasteiger partial charge in [-0.3, -0.25) is 15.0 Å². The van der Waals surface area contributed by atoms with Gasteiger partial charge < -0.3 is 20.1 Å². The zero-order valence-electron chi connectivity index (χ0n) is 23.6. The molecule has 0 unspecified atom stereocenters. The fourth-order valence-electron chi connectivity index (χ4n) is 5.31. The standard InChI is InChI=1S/C34H33N3O4.ClH/c1-34(33(39)40-2)20-29(22-41-30-18-16-27(17-19-30)26-12-14-28(15-13-26)31(35)36)37(32(34)38)21-23-8-10-25(11-9-23)24-6-4-3-5-7-24;/h3-19,29H,20-22H2,1-2H3,(H3,35,36);1H/t29-,34-;/m0./s1. The molecule has 1 heterocycles. The Morgan fingerprint density at radius 3 is 1.95 bits per heavy atom. The number of benzene rings is 4. The van der Waals surface area contributed by atoms with E-state index < -0.39 is 11.4 Å². The van der Waals surface area contributed by atoms with Crippen LogP contribution in [0, 0.1) is 10.8 Å². The van der Waals surface area contributed by atoms with E-state index in [9.17, 15) is 9.59 Å². The molecule has 2 atom stereocenters. The number of methoxy groups -OCH3 is 1. The largest absolute Gasteiger partial charge is 0.491 e. The lowest BCUT2D eigenvalue weighted by atomic mass is 9.87. The third-order valence-corrected chi connectivity index (χ3v) is 7.69. The first kappa shape index (κ1) is 30.3. The molecule has 1 aliphatic rings. The lowest BCUT2D eigenvalue weighted by Crippen LogP contribution is -2.40. The van der Waals surface area contributed by atoms with Gasteiger partial charge in [0.1, 0.15) is 23.6 Å². The second-order valence-electron chi connectivity index (χ2n) is 10.5. The van der Waals surface area contributed by atoms with E-state index in [-0.39, 0.29) is 36.8 Å². The molecule has 216 valence electrons. The maximum absolute atomic E-state index is 13.6. The molecule has 0 saturated carbocycles. The first-order valence-electron chi connectivity index (χ1n) is 13.5. The topological polar surface area (TPSA) is 106 Å². The van der Waals surface area contributed by atoms with Crippen molar-refractivity contribution < 1.29 is 19.1 Å². The minimum absolute atomic E-state index is 0. The molecule has 0 spiro atoms. The van der Waals surface area contributed by atoms with Crippen molar-refractivity contribution in [3.63, 3.8) is 0 Å². The Balaban J connectivity index is 0.00000405. The summed E-state index contributed by atoms with van der Waals surface area (Å²) in [6.45, 7) is 2.26. The van der Waals surface area contributed by atoms with Crippen LogP contribution in [-0.4, -0.2) is 42.4 Å². The Kier molecular flexibility index (Phi) is 9.33. The number of esters is 1. The average Bonchev–Trinajstić information content (AvgIpc) is 3.26. The molecule has 4 aromatic rings. The van der Waals surface area contributed by atoms with Crippen LogP contribution in [-0.2, 0) is 20.9 Å². The number of nitrogens with zero attached hydrogens (tertiary/aromatic N) is 1. The number of amidine groups is 1. The Morgan fingerprint density at radius 1 is 0.881 bits per heavy atom. The lowest BCUT2D eigenvalue weighted by molar-refractivity contribution is -0.158. The van der Waals surface area contributed by atoms with Crippen molar-refractivity contribution in [2.75, 3.05) is 13.7 Å². The molecular formula is C34H34ClN3O4. The van der Waals surface area contributed by atoms with Crippen LogP contribution in [0.1, 0.15) is 24.5 Å². The van der Waals surface area contributed by atoms with Gasteiger partial charge in [-0.25, -0.2) is 0 Å². The zero-order chi connectivity index (χ0) is 29.0. The quantitative estimate of drug-likeness (QED) is 0.107. The highest BCUT2D eigenvalue weighted by molar-refractivity contribution is 6.04. The van der Waals surface area contributed by atoms with Crippen LogP contribution in [0.25, 0.3) is 22.3 Å². The highest BCUT2D eigenvalue weighted by atomic mass is 35.5. The van der Waals surface area contributed by atoms with Crippen LogP contribution < -0.4 is 10.5 Å². The van der Waals surface area contributed by atoms with Gasteiger partial charge in [0.25, 0.3) is 0 Å². The predicted molar refractivity (Wildman–Crippen MR) is 167 cm³/mol. The molecule has 1 amide bonds. The van der Waals surface area contributed by atoms with Crippen molar-refractivity contribution in [3.05, 3.63) is 114 Å². The summed E-state index contributed by atoms with van der Waals surface area (Å²) in [7, 11) is 1.31. The SMILES string of the molecule is COC(=O)[C@@]1(C)C[C@@H](COc2ccc(-c3ccc(C(=N)N)cc3)cc2)N(Cc2ccc(-c3ccccc3)cc2)C1=O.Cl. The Morgan fingerprint density at radius 2 is 1.40 bits per heavy atom. The Labute approximate surface area is 252 Å². The number of nitrogens with one attached hydrogen (secondary N) is 1. The molecule has 8 heteroatoms. The second-order valence-corrected chi connectivity index (χ2v) is 10.5. The van der Waals surface area contributed by atoms with E-state index >= 15 is 0 Å². The molecule has 0 aliphatic carbocycles. The number of halogens is 1. The number of carbonyl (C=O) groups is 2. The summed E-state index contributed by atoms with van der Waals surface area (Å²) in [4.78, 5) is 28.0. The van der Waals surface area contributed by atoms with Crippen LogP contribution in [0.4, 0.5) is 0 Å². The second kappa shape index (κ2) is 12.9. The van der Waals surface area contributed by atoms with Crippen molar-refractivity contribution in [1.82, 2.24) is 4.90 Å². The normalized spacial score (nSPS) is 17.8. The highest BCUT2D eigenvalue weighted by Gasteiger charge is 2.54. The maximum atomic E-state index is 13.6. The van der Waals surface area contributed by atoms with E-state index in [1.54, 1.807) is 11.8 Å². The highest BCUT2D eigenvalue weighted by Crippen LogP contribution is 2.38. The molecule has 1 aliphatic heterocycles. The van der Waals surface area contributed by atoms with Crippen molar-refractivity contribution >= 4 is 30.1 Å². The summed E-state index contributed by atoms with van der Waals surface area (Å²) in [5.74, 6) is -0.0864. The van der Waals surface area contributed by atoms with Crippen molar-refractivity contribution in [2.24, 2.45) is 11.1 Å². The summed E-state index contributed by atoms with van der Waals surface area (Å²) in [5.41, 5.74) is 10.2. The van der Waals surface area contributed by atoms with Gasteiger partial charge in [0.05, 0.1) is 13.2 Å². The summed E-state index contributed by atoms with van der Waals surface area (Å²) < 4.78 is 11.2. The number of hydrogen-bond donors (Lipinski definition) is 2. The molecule has 1 fully saturated rings. The fraction of sp³-hybridized carbons (Fsp3) is 0.206. The summed E-state index contributed by atoms with van der Waals surface area (Å²) in [5, 5.41) is 7.56. The first-order valence-corrected chi connectivity index (χ1v) is 13.5. The molecule has 0 radical (unpaired) electrons. The lowest BCUT2D eigenvalue weighted by Gasteiger charge is -2.25. The smallest absolute Gasteiger partial charge is 0.321 e. The Bertz CT molecular complexity index is 1540. The predicted octanol–water partition coefficient (Wildman–Crippen LogP) is 6.09. The van der Waals surface area contributed by atoms with Crippen LogP contribution in [0.2, 0.25) is 0 Å². The number of hydrogen-bond acceptors (Lipinski definition) is 5. The average molecular weight is 584 g/mol. The van der Waals surface area contributed by atoms with Gasteiger partial charge in [0.2, 0.25) is 5.91 Å². The number of nitrogen functional groups attached to an aromatic ring is 1.